The number of alkyl halides is 3. The Bertz CT molecular complexity index is 697. The van der Waals surface area contributed by atoms with Crippen LogP contribution < -0.4 is 10.6 Å². The van der Waals surface area contributed by atoms with Crippen molar-refractivity contribution in [2.24, 2.45) is 5.92 Å². The predicted molar refractivity (Wildman–Crippen MR) is 84.6 cm³/mol. The molecule has 0 fully saturated rings. The highest BCUT2D eigenvalue weighted by Crippen LogP contribution is 2.34. The summed E-state index contributed by atoms with van der Waals surface area (Å²) >= 11 is 0. The van der Waals surface area contributed by atoms with Gasteiger partial charge in [0.05, 0.1) is 11.3 Å². The molecule has 1 aromatic carbocycles. The molecule has 2 rings (SSSR count). The summed E-state index contributed by atoms with van der Waals surface area (Å²) in [5.74, 6) is 0.965. The zero-order chi connectivity index (χ0) is 17.7. The van der Waals surface area contributed by atoms with Crippen LogP contribution in [0.15, 0.2) is 36.7 Å². The number of rotatable bonds is 5. The number of nitrogens with zero attached hydrogens (tertiary/aromatic N) is 2. The maximum Gasteiger partial charge on any atom is 0.418 e. The molecule has 0 saturated heterocycles. The number of hydrogen-bond donors (Lipinski definition) is 2. The molecule has 0 spiro atoms. The van der Waals surface area contributed by atoms with E-state index in [2.05, 4.69) is 15.6 Å². The van der Waals surface area contributed by atoms with Gasteiger partial charge in [0.15, 0.2) is 0 Å². The minimum Gasteiger partial charge on any atom is -0.338 e. The second kappa shape index (κ2) is 7.37. The number of halogens is 3. The lowest BCUT2D eigenvalue weighted by atomic mass is 10.1. The quantitative estimate of drug-likeness (QED) is 0.872. The Balaban J connectivity index is 1.89. The first-order valence-electron chi connectivity index (χ1n) is 7.46. The van der Waals surface area contributed by atoms with E-state index in [9.17, 15) is 18.0 Å². The number of nitrogens with one attached hydrogen (secondary N) is 2. The maximum absolute atomic E-state index is 12.9. The lowest BCUT2D eigenvalue weighted by molar-refractivity contribution is -0.136. The second-order valence-corrected chi connectivity index (χ2v) is 5.61. The molecule has 1 aromatic heterocycles. The summed E-state index contributed by atoms with van der Waals surface area (Å²) in [6.45, 7) is 4.80. The van der Waals surface area contributed by atoms with Crippen molar-refractivity contribution in [1.29, 1.82) is 0 Å². The van der Waals surface area contributed by atoms with E-state index in [-0.39, 0.29) is 11.6 Å². The van der Waals surface area contributed by atoms with Crippen LogP contribution in [0.5, 0.6) is 0 Å². The number of carbonyl (C=O) groups is 1. The fourth-order valence-electron chi connectivity index (χ4n) is 2.27. The van der Waals surface area contributed by atoms with Gasteiger partial charge in [-0.1, -0.05) is 19.1 Å². The van der Waals surface area contributed by atoms with Crippen molar-refractivity contribution in [3.05, 3.63) is 48.0 Å². The molecule has 1 atom stereocenters. The van der Waals surface area contributed by atoms with Crippen LogP contribution in [0.2, 0.25) is 0 Å². The molecule has 24 heavy (non-hydrogen) atoms. The van der Waals surface area contributed by atoms with Gasteiger partial charge in [0.2, 0.25) is 0 Å². The zero-order valence-corrected chi connectivity index (χ0v) is 13.4. The minimum absolute atomic E-state index is 0.0986. The summed E-state index contributed by atoms with van der Waals surface area (Å²) in [4.78, 5) is 16.0. The van der Waals surface area contributed by atoms with Crippen LogP contribution >= 0.6 is 0 Å². The molecule has 1 heterocycles. The van der Waals surface area contributed by atoms with Crippen molar-refractivity contribution in [3.8, 4) is 0 Å². The van der Waals surface area contributed by atoms with Crippen LogP contribution in [-0.2, 0) is 12.7 Å². The smallest absolute Gasteiger partial charge is 0.338 e. The molecule has 0 unspecified atom stereocenters. The Morgan fingerprint density at radius 2 is 2.04 bits per heavy atom. The Morgan fingerprint density at radius 3 is 2.67 bits per heavy atom. The van der Waals surface area contributed by atoms with E-state index in [1.54, 1.807) is 6.20 Å². The third-order valence-electron chi connectivity index (χ3n) is 3.52. The van der Waals surface area contributed by atoms with Gasteiger partial charge < -0.3 is 15.2 Å². The Hall–Kier alpha value is -2.51. The van der Waals surface area contributed by atoms with Gasteiger partial charge in [-0.15, -0.1) is 0 Å². The molecule has 0 aliphatic carbocycles. The van der Waals surface area contributed by atoms with Crippen molar-refractivity contribution in [1.82, 2.24) is 14.9 Å². The predicted octanol–water partition coefficient (Wildman–Crippen LogP) is 3.67. The third kappa shape index (κ3) is 4.74. The fourth-order valence-corrected chi connectivity index (χ4v) is 2.27. The zero-order valence-electron chi connectivity index (χ0n) is 13.4. The van der Waals surface area contributed by atoms with Crippen molar-refractivity contribution in [3.63, 3.8) is 0 Å². The highest BCUT2D eigenvalue weighted by molar-refractivity contribution is 5.90. The molecule has 2 amide bonds. The van der Waals surface area contributed by atoms with Crippen LogP contribution in [0.1, 0.15) is 18.3 Å². The molecule has 8 heteroatoms. The second-order valence-electron chi connectivity index (χ2n) is 5.61. The van der Waals surface area contributed by atoms with Crippen LogP contribution in [0, 0.1) is 12.8 Å². The highest BCUT2D eigenvalue weighted by Gasteiger charge is 2.33. The number of hydrogen-bond acceptors (Lipinski definition) is 2. The fraction of sp³-hybridized carbons (Fsp3) is 0.375. The van der Waals surface area contributed by atoms with E-state index in [0.717, 1.165) is 11.9 Å². The average Bonchev–Trinajstić information content (AvgIpc) is 2.90. The number of benzene rings is 1. The molecule has 0 radical (unpaired) electrons. The molecular formula is C16H19F3N4O. The van der Waals surface area contributed by atoms with Gasteiger partial charge in [-0.3, -0.25) is 0 Å². The van der Waals surface area contributed by atoms with Gasteiger partial charge in [0.25, 0.3) is 0 Å². The Morgan fingerprint density at radius 1 is 1.33 bits per heavy atom. The molecule has 2 aromatic rings. The number of imidazole rings is 1. The standard InChI is InChI=1S/C16H19F3N4O/c1-11(10-23-8-7-20-12(23)2)9-21-15(24)22-14-6-4-3-5-13(14)16(17,18)19/h3-8,11H,9-10H2,1-2H3,(H2,21,22,24)/t11-/m0/s1. The SMILES string of the molecule is Cc1nccn1C[C@@H](C)CNC(=O)Nc1ccccc1C(F)(F)F. The molecule has 0 aliphatic heterocycles. The van der Waals surface area contributed by atoms with Gasteiger partial charge in [0.1, 0.15) is 5.82 Å². The Labute approximate surface area is 137 Å². The summed E-state index contributed by atoms with van der Waals surface area (Å²) < 4.78 is 40.6. The number of aryl methyl sites for hydroxylation is 1. The molecule has 130 valence electrons. The molecule has 0 saturated carbocycles. The highest BCUT2D eigenvalue weighted by atomic mass is 19.4. The van der Waals surface area contributed by atoms with Gasteiger partial charge in [-0.25, -0.2) is 9.78 Å². The van der Waals surface area contributed by atoms with E-state index >= 15 is 0 Å². The van der Waals surface area contributed by atoms with Crippen molar-refractivity contribution < 1.29 is 18.0 Å². The third-order valence-corrected chi connectivity index (χ3v) is 3.52. The summed E-state index contributed by atoms with van der Waals surface area (Å²) in [5, 5.41) is 4.84. The van der Waals surface area contributed by atoms with Crippen LogP contribution in [0.3, 0.4) is 0 Å². The number of urea groups is 1. The van der Waals surface area contributed by atoms with Crippen molar-refractivity contribution >= 4 is 11.7 Å². The number of para-hydroxylation sites is 1. The summed E-state index contributed by atoms with van der Waals surface area (Å²) in [6.07, 6.45) is -0.988. The normalized spacial score (nSPS) is 12.7. The van der Waals surface area contributed by atoms with E-state index in [0.29, 0.717) is 13.1 Å². The van der Waals surface area contributed by atoms with E-state index in [1.165, 1.54) is 18.2 Å². The van der Waals surface area contributed by atoms with Crippen LogP contribution in [0.25, 0.3) is 0 Å². The molecule has 5 nitrogen and oxygen atoms in total. The average molecular weight is 340 g/mol. The molecule has 0 aliphatic rings. The topological polar surface area (TPSA) is 59.0 Å². The first kappa shape index (κ1) is 17.8. The monoisotopic (exact) mass is 340 g/mol. The van der Waals surface area contributed by atoms with E-state index < -0.39 is 17.8 Å². The lowest BCUT2D eigenvalue weighted by Crippen LogP contribution is -2.34. The molecule has 2 N–H and O–H groups in total. The number of amides is 2. The summed E-state index contributed by atoms with van der Waals surface area (Å²) in [7, 11) is 0. The lowest BCUT2D eigenvalue weighted by Gasteiger charge is -2.16. The van der Waals surface area contributed by atoms with Gasteiger partial charge in [-0.2, -0.15) is 13.2 Å². The maximum atomic E-state index is 12.9. The van der Waals surface area contributed by atoms with Gasteiger partial charge in [-0.05, 0) is 25.0 Å². The minimum atomic E-state index is -4.52. The summed E-state index contributed by atoms with van der Waals surface area (Å²) in [5.41, 5.74) is -1.14. The van der Waals surface area contributed by atoms with Crippen molar-refractivity contribution in [2.75, 3.05) is 11.9 Å². The molecule has 0 bridgehead atoms. The first-order valence-corrected chi connectivity index (χ1v) is 7.46. The van der Waals surface area contributed by atoms with Crippen LogP contribution in [-0.4, -0.2) is 22.1 Å². The van der Waals surface area contributed by atoms with E-state index in [4.69, 9.17) is 0 Å². The van der Waals surface area contributed by atoms with Gasteiger partial charge >= 0.3 is 12.2 Å². The largest absolute Gasteiger partial charge is 0.418 e. The van der Waals surface area contributed by atoms with Crippen LogP contribution in [0.4, 0.5) is 23.7 Å². The Kier molecular flexibility index (Phi) is 5.48. The molecular weight excluding hydrogens is 321 g/mol. The van der Waals surface area contributed by atoms with Crippen molar-refractivity contribution in [2.45, 2.75) is 26.6 Å². The number of anilines is 1. The first-order chi connectivity index (χ1) is 11.3. The van der Waals surface area contributed by atoms with E-state index in [1.807, 2.05) is 24.6 Å². The van der Waals surface area contributed by atoms with Gasteiger partial charge in [0, 0.05) is 25.5 Å². The number of carbonyl (C=O) groups excluding carboxylic acids is 1. The summed E-state index contributed by atoms with van der Waals surface area (Å²) in [6, 6.07) is 4.21. The number of aromatic nitrogens is 2.